The van der Waals surface area contributed by atoms with Crippen LogP contribution in [0.4, 0.5) is 0 Å². The van der Waals surface area contributed by atoms with E-state index in [0.717, 1.165) is 31.6 Å². The van der Waals surface area contributed by atoms with Crippen LogP contribution in [0.1, 0.15) is 44.6 Å². The third-order valence-electron chi connectivity index (χ3n) is 3.35. The highest BCUT2D eigenvalue weighted by Crippen LogP contribution is 2.27. The van der Waals surface area contributed by atoms with Crippen LogP contribution < -0.4 is 10.5 Å². The van der Waals surface area contributed by atoms with Crippen LogP contribution in [0.25, 0.3) is 5.57 Å². The molecule has 1 aromatic carbocycles. The summed E-state index contributed by atoms with van der Waals surface area (Å²) in [5, 5.41) is 0. The Morgan fingerprint density at radius 3 is 2.72 bits per heavy atom. The smallest absolute Gasteiger partial charge is 0.119 e. The molecule has 1 aromatic rings. The third kappa shape index (κ3) is 3.61. The van der Waals surface area contributed by atoms with Crippen LogP contribution in [0, 0.1) is 0 Å². The van der Waals surface area contributed by atoms with E-state index < -0.39 is 0 Å². The van der Waals surface area contributed by atoms with E-state index in [1.165, 1.54) is 24.0 Å². The second kappa shape index (κ2) is 6.60. The van der Waals surface area contributed by atoms with Crippen molar-refractivity contribution in [3.8, 4) is 5.75 Å². The molecule has 2 rings (SSSR count). The monoisotopic (exact) mass is 245 g/mol. The molecule has 2 N–H and O–H groups in total. The molecule has 18 heavy (non-hydrogen) atoms. The molecule has 98 valence electrons. The lowest BCUT2D eigenvalue weighted by molar-refractivity contribution is 0.317. The van der Waals surface area contributed by atoms with Gasteiger partial charge in [0.05, 0.1) is 6.61 Å². The highest BCUT2D eigenvalue weighted by Gasteiger charge is 2.10. The highest BCUT2D eigenvalue weighted by molar-refractivity contribution is 5.66. The Kier molecular flexibility index (Phi) is 4.82. The fourth-order valence-electron chi connectivity index (χ4n) is 2.35. The molecule has 0 saturated carbocycles. The maximum Gasteiger partial charge on any atom is 0.119 e. The zero-order valence-corrected chi connectivity index (χ0v) is 11.2. The molecule has 0 amide bonds. The number of ether oxygens (including phenoxy) is 1. The average Bonchev–Trinajstić information content (AvgIpc) is 2.62. The van der Waals surface area contributed by atoms with Gasteiger partial charge in [-0.2, -0.15) is 0 Å². The minimum absolute atomic E-state index is 0.221. The van der Waals surface area contributed by atoms with Crippen LogP contribution in [-0.2, 0) is 0 Å². The average molecular weight is 245 g/mol. The molecule has 0 aliphatic heterocycles. The van der Waals surface area contributed by atoms with E-state index >= 15 is 0 Å². The molecule has 0 spiro atoms. The van der Waals surface area contributed by atoms with Crippen molar-refractivity contribution in [3.05, 3.63) is 35.9 Å². The van der Waals surface area contributed by atoms with Gasteiger partial charge in [0.2, 0.25) is 0 Å². The van der Waals surface area contributed by atoms with E-state index in [1.54, 1.807) is 0 Å². The van der Waals surface area contributed by atoms with Gasteiger partial charge in [0, 0.05) is 6.04 Å². The van der Waals surface area contributed by atoms with Crippen LogP contribution in [0.15, 0.2) is 30.3 Å². The summed E-state index contributed by atoms with van der Waals surface area (Å²) >= 11 is 0. The fraction of sp³-hybridized carbons (Fsp3) is 0.500. The lowest BCUT2D eigenvalue weighted by atomic mass is 10.0. The van der Waals surface area contributed by atoms with Crippen molar-refractivity contribution < 1.29 is 4.74 Å². The first-order valence-electron chi connectivity index (χ1n) is 6.99. The number of hydrogen-bond acceptors (Lipinski definition) is 2. The normalized spacial score (nSPS) is 20.1. The molecule has 0 radical (unpaired) electrons. The van der Waals surface area contributed by atoms with E-state index in [4.69, 9.17) is 10.5 Å². The van der Waals surface area contributed by atoms with Crippen LogP contribution in [-0.4, -0.2) is 12.6 Å². The van der Waals surface area contributed by atoms with Gasteiger partial charge in [-0.05, 0) is 49.0 Å². The zero-order chi connectivity index (χ0) is 12.8. The molecule has 0 heterocycles. The molecule has 0 aromatic heterocycles. The van der Waals surface area contributed by atoms with Crippen LogP contribution >= 0.6 is 0 Å². The van der Waals surface area contributed by atoms with Crippen molar-refractivity contribution in [1.82, 2.24) is 0 Å². The number of rotatable bonds is 4. The minimum Gasteiger partial charge on any atom is -0.494 e. The van der Waals surface area contributed by atoms with Gasteiger partial charge in [-0.25, -0.2) is 0 Å². The molecule has 2 heteroatoms. The summed E-state index contributed by atoms with van der Waals surface area (Å²) in [4.78, 5) is 0. The SMILES string of the molecule is CCCOc1ccc(C2=CC(N)CCCC2)cc1. The van der Waals surface area contributed by atoms with Gasteiger partial charge < -0.3 is 10.5 Å². The van der Waals surface area contributed by atoms with Gasteiger partial charge in [-0.1, -0.05) is 31.6 Å². The number of nitrogens with two attached hydrogens (primary N) is 1. The molecule has 1 aliphatic carbocycles. The first-order valence-corrected chi connectivity index (χ1v) is 6.99. The third-order valence-corrected chi connectivity index (χ3v) is 3.35. The van der Waals surface area contributed by atoms with Crippen molar-refractivity contribution in [3.63, 3.8) is 0 Å². The van der Waals surface area contributed by atoms with E-state index in [9.17, 15) is 0 Å². The van der Waals surface area contributed by atoms with Gasteiger partial charge in [-0.15, -0.1) is 0 Å². The number of benzene rings is 1. The highest BCUT2D eigenvalue weighted by atomic mass is 16.5. The van der Waals surface area contributed by atoms with E-state index in [1.807, 2.05) is 0 Å². The minimum atomic E-state index is 0.221. The Labute approximate surface area is 110 Å². The molecule has 0 fully saturated rings. The Bertz CT molecular complexity index is 394. The van der Waals surface area contributed by atoms with Crippen molar-refractivity contribution in [2.75, 3.05) is 6.61 Å². The van der Waals surface area contributed by atoms with Crippen molar-refractivity contribution in [1.29, 1.82) is 0 Å². The molecular weight excluding hydrogens is 222 g/mol. The van der Waals surface area contributed by atoms with E-state index in [-0.39, 0.29) is 6.04 Å². The van der Waals surface area contributed by atoms with Crippen molar-refractivity contribution in [2.24, 2.45) is 5.73 Å². The molecule has 1 atom stereocenters. The predicted octanol–water partition coefficient (Wildman–Crippen LogP) is 3.76. The van der Waals surface area contributed by atoms with Gasteiger partial charge in [-0.3, -0.25) is 0 Å². The first kappa shape index (κ1) is 13.2. The number of hydrogen-bond donors (Lipinski definition) is 1. The molecule has 1 aliphatic rings. The van der Waals surface area contributed by atoms with Crippen LogP contribution in [0.5, 0.6) is 5.75 Å². The fourth-order valence-corrected chi connectivity index (χ4v) is 2.35. The topological polar surface area (TPSA) is 35.2 Å². The van der Waals surface area contributed by atoms with Gasteiger partial charge in [0.15, 0.2) is 0 Å². The molecule has 2 nitrogen and oxygen atoms in total. The van der Waals surface area contributed by atoms with E-state index in [0.29, 0.717) is 0 Å². The summed E-state index contributed by atoms with van der Waals surface area (Å²) < 4.78 is 5.60. The summed E-state index contributed by atoms with van der Waals surface area (Å²) in [5.41, 5.74) is 8.74. The summed E-state index contributed by atoms with van der Waals surface area (Å²) in [6.07, 6.45) is 8.01. The van der Waals surface area contributed by atoms with Crippen LogP contribution in [0.3, 0.4) is 0 Å². The largest absolute Gasteiger partial charge is 0.494 e. The summed E-state index contributed by atoms with van der Waals surface area (Å²) in [6, 6.07) is 8.63. The Hall–Kier alpha value is -1.28. The molecule has 1 unspecified atom stereocenters. The molecular formula is C16H23NO. The standard InChI is InChI=1S/C16H23NO/c1-2-11-18-16-9-7-13(8-10-16)14-5-3-4-6-15(17)12-14/h7-10,12,15H,2-6,11,17H2,1H3. The first-order chi connectivity index (χ1) is 8.79. The van der Waals surface area contributed by atoms with Gasteiger partial charge >= 0.3 is 0 Å². The Balaban J connectivity index is 2.08. The second-order valence-corrected chi connectivity index (χ2v) is 4.97. The summed E-state index contributed by atoms with van der Waals surface area (Å²) in [6.45, 7) is 2.90. The van der Waals surface area contributed by atoms with Crippen LogP contribution in [0.2, 0.25) is 0 Å². The maximum absolute atomic E-state index is 6.06. The zero-order valence-electron chi connectivity index (χ0n) is 11.2. The lowest BCUT2D eigenvalue weighted by Gasteiger charge is -2.09. The Morgan fingerprint density at radius 2 is 2.00 bits per heavy atom. The quantitative estimate of drug-likeness (QED) is 0.876. The van der Waals surface area contributed by atoms with Gasteiger partial charge in [0.1, 0.15) is 5.75 Å². The predicted molar refractivity (Wildman–Crippen MR) is 76.6 cm³/mol. The molecule has 0 saturated heterocycles. The van der Waals surface area contributed by atoms with Crippen molar-refractivity contribution in [2.45, 2.75) is 45.1 Å². The van der Waals surface area contributed by atoms with Gasteiger partial charge in [0.25, 0.3) is 0 Å². The number of allylic oxidation sites excluding steroid dienone is 1. The summed E-state index contributed by atoms with van der Waals surface area (Å²) in [5.74, 6) is 0.958. The van der Waals surface area contributed by atoms with E-state index in [2.05, 4.69) is 37.3 Å². The van der Waals surface area contributed by atoms with Crippen molar-refractivity contribution >= 4 is 5.57 Å². The maximum atomic E-state index is 6.06. The second-order valence-electron chi connectivity index (χ2n) is 4.97. The molecule has 0 bridgehead atoms. The Morgan fingerprint density at radius 1 is 1.22 bits per heavy atom. The summed E-state index contributed by atoms with van der Waals surface area (Å²) in [7, 11) is 0. The lowest BCUT2D eigenvalue weighted by Crippen LogP contribution is -2.15.